The Bertz CT molecular complexity index is 750. The SMILES string of the molecule is COC(=O)C(Cc1ccccc1)n1ncc2ccccc21. The van der Waals surface area contributed by atoms with Gasteiger partial charge in [0, 0.05) is 11.8 Å². The number of nitrogens with zero attached hydrogens (tertiary/aromatic N) is 2. The molecule has 0 aliphatic heterocycles. The topological polar surface area (TPSA) is 44.1 Å². The first kappa shape index (κ1) is 13.4. The lowest BCUT2D eigenvalue weighted by atomic mass is 10.1. The van der Waals surface area contributed by atoms with Crippen LogP contribution in [0.2, 0.25) is 0 Å². The summed E-state index contributed by atoms with van der Waals surface area (Å²) in [5.74, 6) is -0.285. The molecule has 106 valence electrons. The molecule has 0 fully saturated rings. The first-order valence-corrected chi connectivity index (χ1v) is 6.83. The Morgan fingerprint density at radius 2 is 1.86 bits per heavy atom. The number of carbonyl (C=O) groups is 1. The van der Waals surface area contributed by atoms with Crippen molar-refractivity contribution >= 4 is 16.9 Å². The van der Waals surface area contributed by atoms with Gasteiger partial charge in [-0.3, -0.25) is 4.68 Å². The molecule has 1 heterocycles. The molecule has 3 rings (SSSR count). The molecule has 0 aliphatic carbocycles. The van der Waals surface area contributed by atoms with Crippen LogP contribution in [0.1, 0.15) is 11.6 Å². The smallest absolute Gasteiger partial charge is 0.331 e. The van der Waals surface area contributed by atoms with E-state index < -0.39 is 6.04 Å². The first-order chi connectivity index (χ1) is 10.3. The molecule has 0 spiro atoms. The van der Waals surface area contributed by atoms with Gasteiger partial charge in [-0.05, 0) is 11.6 Å². The Labute approximate surface area is 123 Å². The number of methoxy groups -OCH3 is 1. The van der Waals surface area contributed by atoms with Crippen LogP contribution in [0.25, 0.3) is 10.9 Å². The van der Waals surface area contributed by atoms with E-state index in [0.29, 0.717) is 6.42 Å². The zero-order valence-electron chi connectivity index (χ0n) is 11.8. The molecule has 1 atom stereocenters. The van der Waals surface area contributed by atoms with E-state index in [2.05, 4.69) is 5.10 Å². The number of rotatable bonds is 4. The molecule has 4 heteroatoms. The summed E-state index contributed by atoms with van der Waals surface area (Å²) in [7, 11) is 1.41. The number of fused-ring (bicyclic) bond motifs is 1. The highest BCUT2D eigenvalue weighted by Gasteiger charge is 2.24. The van der Waals surface area contributed by atoms with Gasteiger partial charge < -0.3 is 4.74 Å². The second-order valence-electron chi connectivity index (χ2n) is 4.88. The Morgan fingerprint density at radius 3 is 2.62 bits per heavy atom. The van der Waals surface area contributed by atoms with Crippen molar-refractivity contribution in [3.63, 3.8) is 0 Å². The molecule has 0 radical (unpaired) electrons. The molecule has 0 saturated heterocycles. The monoisotopic (exact) mass is 280 g/mol. The highest BCUT2D eigenvalue weighted by molar-refractivity contribution is 5.82. The second kappa shape index (κ2) is 5.79. The number of hydrogen-bond acceptors (Lipinski definition) is 3. The van der Waals surface area contributed by atoms with Gasteiger partial charge in [-0.25, -0.2) is 4.79 Å². The quantitative estimate of drug-likeness (QED) is 0.690. The van der Waals surface area contributed by atoms with Gasteiger partial charge in [-0.2, -0.15) is 5.10 Å². The van der Waals surface area contributed by atoms with Gasteiger partial charge in [-0.15, -0.1) is 0 Å². The minimum atomic E-state index is -0.461. The molecule has 0 aliphatic rings. The van der Waals surface area contributed by atoms with Crippen LogP contribution in [-0.2, 0) is 16.0 Å². The lowest BCUT2D eigenvalue weighted by Gasteiger charge is -2.16. The molecular weight excluding hydrogens is 264 g/mol. The van der Waals surface area contributed by atoms with E-state index in [0.717, 1.165) is 16.5 Å². The standard InChI is InChI=1S/C17H16N2O2/c1-21-17(20)16(11-13-7-3-2-4-8-13)19-15-10-6-5-9-14(15)12-18-19/h2-10,12,16H,11H2,1H3. The molecule has 0 saturated carbocycles. The van der Waals surface area contributed by atoms with Gasteiger partial charge in [0.15, 0.2) is 6.04 Å². The minimum Gasteiger partial charge on any atom is -0.467 e. The fourth-order valence-electron chi connectivity index (χ4n) is 2.48. The number of ether oxygens (including phenoxy) is 1. The molecular formula is C17H16N2O2. The van der Waals surface area contributed by atoms with E-state index in [4.69, 9.17) is 4.74 Å². The average Bonchev–Trinajstić information content (AvgIpc) is 2.97. The number of esters is 1. The molecule has 0 amide bonds. The van der Waals surface area contributed by atoms with Crippen molar-refractivity contribution in [1.29, 1.82) is 0 Å². The number of benzene rings is 2. The van der Waals surface area contributed by atoms with Crippen molar-refractivity contribution in [1.82, 2.24) is 9.78 Å². The molecule has 1 aromatic heterocycles. The zero-order valence-corrected chi connectivity index (χ0v) is 11.8. The van der Waals surface area contributed by atoms with Crippen LogP contribution in [0.4, 0.5) is 0 Å². The lowest BCUT2D eigenvalue weighted by molar-refractivity contribution is -0.144. The molecule has 3 aromatic rings. The number of carbonyl (C=O) groups excluding carboxylic acids is 1. The largest absolute Gasteiger partial charge is 0.467 e. The summed E-state index contributed by atoms with van der Waals surface area (Å²) in [5.41, 5.74) is 2.01. The minimum absolute atomic E-state index is 0.285. The number of hydrogen-bond donors (Lipinski definition) is 0. The van der Waals surface area contributed by atoms with Crippen molar-refractivity contribution in [2.45, 2.75) is 12.5 Å². The Morgan fingerprint density at radius 1 is 1.14 bits per heavy atom. The van der Waals surface area contributed by atoms with Gasteiger partial charge >= 0.3 is 5.97 Å². The molecule has 0 bridgehead atoms. The van der Waals surface area contributed by atoms with E-state index in [1.54, 1.807) is 10.9 Å². The van der Waals surface area contributed by atoms with Crippen LogP contribution >= 0.6 is 0 Å². The third-order valence-electron chi connectivity index (χ3n) is 3.55. The van der Waals surface area contributed by atoms with Crippen LogP contribution in [0.3, 0.4) is 0 Å². The molecule has 2 aromatic carbocycles. The van der Waals surface area contributed by atoms with Crippen molar-refractivity contribution < 1.29 is 9.53 Å². The van der Waals surface area contributed by atoms with Crippen LogP contribution in [0, 0.1) is 0 Å². The third kappa shape index (κ3) is 2.65. The third-order valence-corrected chi connectivity index (χ3v) is 3.55. The molecule has 1 unspecified atom stereocenters. The van der Waals surface area contributed by atoms with Gasteiger partial charge in [-0.1, -0.05) is 48.5 Å². The van der Waals surface area contributed by atoms with Gasteiger partial charge in [0.05, 0.1) is 18.8 Å². The van der Waals surface area contributed by atoms with E-state index in [-0.39, 0.29) is 5.97 Å². The predicted octanol–water partition coefficient (Wildman–Crippen LogP) is 2.99. The predicted molar refractivity (Wildman–Crippen MR) is 80.9 cm³/mol. The first-order valence-electron chi connectivity index (χ1n) is 6.83. The maximum Gasteiger partial charge on any atom is 0.331 e. The fourth-order valence-corrected chi connectivity index (χ4v) is 2.48. The highest BCUT2D eigenvalue weighted by Crippen LogP contribution is 2.21. The van der Waals surface area contributed by atoms with Gasteiger partial charge in [0.2, 0.25) is 0 Å². The Hall–Kier alpha value is -2.62. The Kier molecular flexibility index (Phi) is 3.69. The maximum atomic E-state index is 12.2. The van der Waals surface area contributed by atoms with Crippen LogP contribution in [0.15, 0.2) is 60.8 Å². The van der Waals surface area contributed by atoms with Gasteiger partial charge in [0.1, 0.15) is 0 Å². The molecule has 21 heavy (non-hydrogen) atoms. The van der Waals surface area contributed by atoms with Crippen molar-refractivity contribution in [2.75, 3.05) is 7.11 Å². The van der Waals surface area contributed by atoms with Crippen molar-refractivity contribution in [3.05, 3.63) is 66.4 Å². The zero-order chi connectivity index (χ0) is 14.7. The van der Waals surface area contributed by atoms with E-state index in [1.807, 2.05) is 54.6 Å². The van der Waals surface area contributed by atoms with Crippen LogP contribution in [-0.4, -0.2) is 22.9 Å². The Balaban J connectivity index is 2.01. The number of aromatic nitrogens is 2. The summed E-state index contributed by atoms with van der Waals surface area (Å²) in [6.07, 6.45) is 2.33. The number of para-hydroxylation sites is 1. The average molecular weight is 280 g/mol. The van der Waals surface area contributed by atoms with E-state index in [9.17, 15) is 4.79 Å². The highest BCUT2D eigenvalue weighted by atomic mass is 16.5. The lowest BCUT2D eigenvalue weighted by Crippen LogP contribution is -2.24. The maximum absolute atomic E-state index is 12.2. The summed E-state index contributed by atoms with van der Waals surface area (Å²) in [6.45, 7) is 0. The van der Waals surface area contributed by atoms with Crippen LogP contribution < -0.4 is 0 Å². The van der Waals surface area contributed by atoms with E-state index >= 15 is 0 Å². The summed E-state index contributed by atoms with van der Waals surface area (Å²) in [6, 6.07) is 17.3. The molecule has 0 N–H and O–H groups in total. The normalized spacial score (nSPS) is 12.2. The van der Waals surface area contributed by atoms with Crippen LogP contribution in [0.5, 0.6) is 0 Å². The van der Waals surface area contributed by atoms with Crippen molar-refractivity contribution in [2.24, 2.45) is 0 Å². The van der Waals surface area contributed by atoms with Crippen molar-refractivity contribution in [3.8, 4) is 0 Å². The van der Waals surface area contributed by atoms with Gasteiger partial charge in [0.25, 0.3) is 0 Å². The fraction of sp³-hybridized carbons (Fsp3) is 0.176. The molecule has 4 nitrogen and oxygen atoms in total. The summed E-state index contributed by atoms with van der Waals surface area (Å²) in [5, 5.41) is 5.39. The second-order valence-corrected chi connectivity index (χ2v) is 4.88. The summed E-state index contributed by atoms with van der Waals surface area (Å²) in [4.78, 5) is 12.2. The summed E-state index contributed by atoms with van der Waals surface area (Å²) < 4.78 is 6.70. The van der Waals surface area contributed by atoms with E-state index in [1.165, 1.54) is 7.11 Å². The summed E-state index contributed by atoms with van der Waals surface area (Å²) >= 11 is 0.